The van der Waals surface area contributed by atoms with E-state index in [2.05, 4.69) is 13.0 Å². The molecule has 0 radical (unpaired) electrons. The molecule has 1 aromatic rings. The van der Waals surface area contributed by atoms with Crippen molar-refractivity contribution >= 4 is 12.1 Å². The van der Waals surface area contributed by atoms with Gasteiger partial charge in [0.15, 0.2) is 6.29 Å². The molecule has 0 heterocycles. The van der Waals surface area contributed by atoms with Crippen molar-refractivity contribution in [2.75, 3.05) is 0 Å². The molecule has 0 aliphatic heterocycles. The molecule has 2 atom stereocenters. The third kappa shape index (κ3) is 2.53. The zero-order valence-electron chi connectivity index (χ0n) is 10.9. The van der Waals surface area contributed by atoms with Gasteiger partial charge in [-0.2, -0.15) is 0 Å². The number of benzene rings is 1. The maximum absolute atomic E-state index is 11.9. The summed E-state index contributed by atoms with van der Waals surface area (Å²) in [7, 11) is 0. The molecule has 0 bridgehead atoms. The molecule has 18 heavy (non-hydrogen) atoms. The summed E-state index contributed by atoms with van der Waals surface area (Å²) in [5, 5.41) is 0. The minimum atomic E-state index is -0.249. The molecule has 0 aromatic heterocycles. The van der Waals surface area contributed by atoms with Gasteiger partial charge in [-0.3, -0.25) is 9.59 Å². The van der Waals surface area contributed by atoms with Crippen molar-refractivity contribution in [1.29, 1.82) is 0 Å². The highest BCUT2D eigenvalue weighted by Gasteiger charge is 2.36. The van der Waals surface area contributed by atoms with Gasteiger partial charge in [0.05, 0.1) is 5.92 Å². The van der Waals surface area contributed by atoms with E-state index in [-0.39, 0.29) is 11.7 Å². The predicted octanol–water partition coefficient (Wildman–Crippen LogP) is 3.29. The van der Waals surface area contributed by atoms with E-state index in [1.54, 1.807) is 0 Å². The quantitative estimate of drug-likeness (QED) is 0.437. The van der Waals surface area contributed by atoms with Crippen LogP contribution in [0, 0.1) is 5.92 Å². The highest BCUT2D eigenvalue weighted by Crippen LogP contribution is 2.40. The summed E-state index contributed by atoms with van der Waals surface area (Å²) in [4.78, 5) is 22.7. The summed E-state index contributed by atoms with van der Waals surface area (Å²) in [6.45, 7) is 2.18. The number of fused-ring (bicyclic) bond motifs is 1. The number of rotatable bonds is 6. The van der Waals surface area contributed by atoms with Gasteiger partial charge >= 0.3 is 0 Å². The zero-order chi connectivity index (χ0) is 13.0. The Balaban J connectivity index is 2.17. The van der Waals surface area contributed by atoms with E-state index in [1.165, 1.54) is 18.4 Å². The first kappa shape index (κ1) is 13.0. The van der Waals surface area contributed by atoms with Gasteiger partial charge in [0, 0.05) is 0 Å². The molecule has 1 aliphatic carbocycles. The molecule has 96 valence electrons. The summed E-state index contributed by atoms with van der Waals surface area (Å²) >= 11 is 0. The molecule has 0 fully saturated rings. The van der Waals surface area contributed by atoms with E-state index >= 15 is 0 Å². The molecule has 1 aliphatic rings. The molecule has 2 rings (SSSR count). The largest absolute Gasteiger partial charge is 0.295 e. The SMILES string of the molecule is CCCCCC1Cc2ccccc2C1C(=O)C=O. The lowest BCUT2D eigenvalue weighted by molar-refractivity contribution is -0.131. The third-order valence-electron chi connectivity index (χ3n) is 3.94. The van der Waals surface area contributed by atoms with E-state index in [0.29, 0.717) is 12.2 Å². The number of hydrogen-bond acceptors (Lipinski definition) is 2. The predicted molar refractivity (Wildman–Crippen MR) is 71.6 cm³/mol. The number of hydrogen-bond donors (Lipinski definition) is 0. The number of aldehydes is 1. The Labute approximate surface area is 108 Å². The van der Waals surface area contributed by atoms with Crippen molar-refractivity contribution in [2.45, 2.75) is 44.9 Å². The van der Waals surface area contributed by atoms with E-state index in [1.807, 2.05) is 18.2 Å². The van der Waals surface area contributed by atoms with Crippen LogP contribution in [0.1, 0.15) is 49.7 Å². The number of unbranched alkanes of at least 4 members (excludes halogenated alkanes) is 2. The number of Topliss-reactive ketones (excluding diaryl/α,β-unsaturated/α-hetero) is 1. The van der Waals surface area contributed by atoms with Gasteiger partial charge in [0.2, 0.25) is 5.78 Å². The van der Waals surface area contributed by atoms with Crippen LogP contribution in [0.2, 0.25) is 0 Å². The van der Waals surface area contributed by atoms with E-state index in [9.17, 15) is 9.59 Å². The van der Waals surface area contributed by atoms with Crippen molar-refractivity contribution in [2.24, 2.45) is 5.92 Å². The summed E-state index contributed by atoms with van der Waals surface area (Å²) in [6, 6.07) is 8.05. The standard InChI is InChI=1S/C16H20O2/c1-2-3-4-8-13-10-12-7-5-6-9-14(12)16(13)15(18)11-17/h5-7,9,11,13,16H,2-4,8,10H2,1H3. The Hall–Kier alpha value is -1.44. The lowest BCUT2D eigenvalue weighted by Gasteiger charge is -2.16. The Morgan fingerprint density at radius 2 is 2.11 bits per heavy atom. The molecule has 2 heteroatoms. The number of carbonyl (C=O) groups excluding carboxylic acids is 2. The van der Waals surface area contributed by atoms with Crippen molar-refractivity contribution in [3.8, 4) is 0 Å². The molecule has 2 nitrogen and oxygen atoms in total. The molecule has 0 N–H and O–H groups in total. The number of ketones is 1. The van der Waals surface area contributed by atoms with E-state index in [4.69, 9.17) is 0 Å². The van der Waals surface area contributed by atoms with E-state index in [0.717, 1.165) is 24.8 Å². The minimum Gasteiger partial charge on any atom is -0.295 e. The molecule has 0 saturated carbocycles. The second kappa shape index (κ2) is 5.94. The van der Waals surface area contributed by atoms with Crippen LogP contribution in [0.5, 0.6) is 0 Å². The Kier molecular flexibility index (Phi) is 4.29. The maximum atomic E-state index is 11.9. The van der Waals surface area contributed by atoms with Crippen LogP contribution in [0.25, 0.3) is 0 Å². The summed E-state index contributed by atoms with van der Waals surface area (Å²) < 4.78 is 0. The maximum Gasteiger partial charge on any atom is 0.202 e. The molecule has 0 spiro atoms. The van der Waals surface area contributed by atoms with Gasteiger partial charge in [-0.05, 0) is 29.9 Å². The van der Waals surface area contributed by atoms with Crippen molar-refractivity contribution < 1.29 is 9.59 Å². The van der Waals surface area contributed by atoms with Crippen LogP contribution in [0.15, 0.2) is 24.3 Å². The van der Waals surface area contributed by atoms with Gasteiger partial charge in [-0.1, -0.05) is 50.5 Å². The Bertz CT molecular complexity index is 436. The van der Waals surface area contributed by atoms with Gasteiger partial charge in [0.25, 0.3) is 0 Å². The van der Waals surface area contributed by atoms with Gasteiger partial charge in [-0.15, -0.1) is 0 Å². The molecule has 1 aromatic carbocycles. The van der Waals surface area contributed by atoms with Crippen LogP contribution in [-0.4, -0.2) is 12.1 Å². The molecular formula is C16H20O2. The summed E-state index contributed by atoms with van der Waals surface area (Å²) in [5.74, 6) is -0.108. The van der Waals surface area contributed by atoms with Crippen molar-refractivity contribution in [3.63, 3.8) is 0 Å². The lowest BCUT2D eigenvalue weighted by Crippen LogP contribution is -2.19. The normalized spacial score (nSPS) is 21.6. The van der Waals surface area contributed by atoms with Gasteiger partial charge < -0.3 is 0 Å². The smallest absolute Gasteiger partial charge is 0.202 e. The Morgan fingerprint density at radius 1 is 1.33 bits per heavy atom. The summed E-state index contributed by atoms with van der Waals surface area (Å²) in [6.07, 6.45) is 6.04. The third-order valence-corrected chi connectivity index (χ3v) is 3.94. The monoisotopic (exact) mass is 244 g/mol. The van der Waals surface area contributed by atoms with Gasteiger partial charge in [0.1, 0.15) is 0 Å². The van der Waals surface area contributed by atoms with Crippen LogP contribution in [0.3, 0.4) is 0 Å². The van der Waals surface area contributed by atoms with Crippen LogP contribution >= 0.6 is 0 Å². The fraction of sp³-hybridized carbons (Fsp3) is 0.500. The van der Waals surface area contributed by atoms with Crippen LogP contribution in [-0.2, 0) is 16.0 Å². The van der Waals surface area contributed by atoms with Crippen molar-refractivity contribution in [1.82, 2.24) is 0 Å². The lowest BCUT2D eigenvalue weighted by atomic mass is 9.85. The second-order valence-corrected chi connectivity index (χ2v) is 5.16. The highest BCUT2D eigenvalue weighted by atomic mass is 16.2. The fourth-order valence-corrected chi connectivity index (χ4v) is 3.06. The van der Waals surface area contributed by atoms with E-state index < -0.39 is 0 Å². The number of carbonyl (C=O) groups is 2. The highest BCUT2D eigenvalue weighted by molar-refractivity contribution is 6.28. The van der Waals surface area contributed by atoms with Gasteiger partial charge in [-0.25, -0.2) is 0 Å². The molecule has 0 saturated heterocycles. The Morgan fingerprint density at radius 3 is 2.83 bits per heavy atom. The zero-order valence-corrected chi connectivity index (χ0v) is 10.9. The van der Waals surface area contributed by atoms with Crippen LogP contribution in [0.4, 0.5) is 0 Å². The molecule has 0 amide bonds. The fourth-order valence-electron chi connectivity index (χ4n) is 3.06. The first-order valence-electron chi connectivity index (χ1n) is 6.84. The van der Waals surface area contributed by atoms with Crippen molar-refractivity contribution in [3.05, 3.63) is 35.4 Å². The minimum absolute atomic E-state index is 0.185. The second-order valence-electron chi connectivity index (χ2n) is 5.16. The molecule has 2 unspecified atom stereocenters. The topological polar surface area (TPSA) is 34.1 Å². The molecular weight excluding hydrogens is 224 g/mol. The first-order valence-corrected chi connectivity index (χ1v) is 6.84. The average molecular weight is 244 g/mol. The summed E-state index contributed by atoms with van der Waals surface area (Å²) in [5.41, 5.74) is 2.33. The first-order chi connectivity index (χ1) is 8.77. The average Bonchev–Trinajstić information content (AvgIpc) is 2.76. The van der Waals surface area contributed by atoms with Crippen LogP contribution < -0.4 is 0 Å².